The van der Waals surface area contributed by atoms with Gasteiger partial charge in [-0.05, 0) is 48.0 Å². The zero-order chi connectivity index (χ0) is 19.1. The second kappa shape index (κ2) is 9.26. The summed E-state index contributed by atoms with van der Waals surface area (Å²) in [6.45, 7) is 2.80. The molecular formula is C19H25FN4O2. The molecule has 0 aliphatic carbocycles. The summed E-state index contributed by atoms with van der Waals surface area (Å²) in [4.78, 5) is 8.46. The van der Waals surface area contributed by atoms with Crippen LogP contribution in [0.5, 0.6) is 0 Å². The van der Waals surface area contributed by atoms with E-state index in [0.29, 0.717) is 42.0 Å². The quantitative estimate of drug-likeness (QED) is 0.646. The Morgan fingerprint density at radius 3 is 2.69 bits per heavy atom. The van der Waals surface area contributed by atoms with E-state index in [0.717, 1.165) is 5.57 Å². The van der Waals surface area contributed by atoms with Gasteiger partial charge in [0, 0.05) is 37.2 Å². The van der Waals surface area contributed by atoms with Crippen molar-refractivity contribution in [3.63, 3.8) is 0 Å². The van der Waals surface area contributed by atoms with Gasteiger partial charge in [0.1, 0.15) is 5.82 Å². The normalized spacial score (nSPS) is 18.2. The van der Waals surface area contributed by atoms with E-state index in [9.17, 15) is 9.50 Å². The molecule has 1 aromatic carbocycles. The molecule has 0 spiro atoms. The number of nitrogens with two attached hydrogens (primary N) is 2. The summed E-state index contributed by atoms with van der Waals surface area (Å²) in [6, 6.07) is 4.31. The Bertz CT molecular complexity index is 750. The lowest BCUT2D eigenvalue weighted by Gasteiger charge is -2.21. The second-order valence-corrected chi connectivity index (χ2v) is 6.12. The molecule has 2 rings (SSSR count). The van der Waals surface area contributed by atoms with Gasteiger partial charge in [0.2, 0.25) is 0 Å². The van der Waals surface area contributed by atoms with E-state index in [1.54, 1.807) is 32.5 Å². The molecule has 0 unspecified atom stereocenters. The van der Waals surface area contributed by atoms with Gasteiger partial charge in [0.15, 0.2) is 0 Å². The van der Waals surface area contributed by atoms with Crippen LogP contribution in [0.4, 0.5) is 4.39 Å². The lowest BCUT2D eigenvalue weighted by atomic mass is 9.95. The largest absolute Gasteiger partial charge is 0.404 e. The minimum absolute atomic E-state index is 0.161. The van der Waals surface area contributed by atoms with Crippen molar-refractivity contribution in [2.24, 2.45) is 21.5 Å². The van der Waals surface area contributed by atoms with Crippen LogP contribution in [0, 0.1) is 5.82 Å². The van der Waals surface area contributed by atoms with Gasteiger partial charge in [0.05, 0.1) is 25.4 Å². The molecule has 5 N–H and O–H groups in total. The number of rotatable bonds is 7. The molecular weight excluding hydrogens is 335 g/mol. The smallest absolute Gasteiger partial charge is 0.123 e. The third-order valence-corrected chi connectivity index (χ3v) is 4.07. The van der Waals surface area contributed by atoms with Crippen LogP contribution in [0.1, 0.15) is 30.6 Å². The van der Waals surface area contributed by atoms with Gasteiger partial charge >= 0.3 is 0 Å². The molecule has 1 atom stereocenters. The molecule has 1 aliphatic heterocycles. The summed E-state index contributed by atoms with van der Waals surface area (Å²) in [6.07, 6.45) is 4.37. The summed E-state index contributed by atoms with van der Waals surface area (Å²) in [5, 5.41) is 9.95. The first-order chi connectivity index (χ1) is 12.5. The number of hydrogen-bond acceptors (Lipinski definition) is 6. The number of ether oxygens (including phenoxy) is 1. The molecule has 0 radical (unpaired) electrons. The number of benzene rings is 1. The molecule has 1 aliphatic rings. The van der Waals surface area contributed by atoms with Crippen molar-refractivity contribution in [2.45, 2.75) is 25.5 Å². The van der Waals surface area contributed by atoms with Crippen LogP contribution in [0.3, 0.4) is 0 Å². The lowest BCUT2D eigenvalue weighted by Crippen LogP contribution is -2.31. The summed E-state index contributed by atoms with van der Waals surface area (Å²) in [5.41, 5.74) is 14.9. The highest BCUT2D eigenvalue weighted by atomic mass is 19.1. The molecule has 0 aromatic heterocycles. The first-order valence-corrected chi connectivity index (χ1v) is 8.36. The number of aliphatic hydroxyl groups is 1. The minimum atomic E-state index is -0.858. The average Bonchev–Trinajstić information content (AvgIpc) is 2.57. The minimum Gasteiger partial charge on any atom is -0.404 e. The van der Waals surface area contributed by atoms with Gasteiger partial charge in [-0.25, -0.2) is 4.39 Å². The van der Waals surface area contributed by atoms with E-state index in [1.165, 1.54) is 18.3 Å². The van der Waals surface area contributed by atoms with Crippen LogP contribution >= 0.6 is 0 Å². The molecule has 1 saturated heterocycles. The maximum absolute atomic E-state index is 13.6. The van der Waals surface area contributed by atoms with Gasteiger partial charge in [-0.3, -0.25) is 9.98 Å². The molecule has 0 bridgehead atoms. The maximum Gasteiger partial charge on any atom is 0.123 e. The van der Waals surface area contributed by atoms with Crippen molar-refractivity contribution >= 4 is 18.1 Å². The average molecular weight is 360 g/mol. The van der Waals surface area contributed by atoms with Crippen molar-refractivity contribution in [3.8, 4) is 0 Å². The van der Waals surface area contributed by atoms with E-state index in [4.69, 9.17) is 16.2 Å². The summed E-state index contributed by atoms with van der Waals surface area (Å²) in [5.74, 6) is -0.430. The summed E-state index contributed by atoms with van der Waals surface area (Å²) >= 11 is 0. The highest BCUT2D eigenvalue weighted by molar-refractivity contribution is 5.93. The van der Waals surface area contributed by atoms with Crippen LogP contribution < -0.4 is 11.5 Å². The maximum atomic E-state index is 13.6. The van der Waals surface area contributed by atoms with Gasteiger partial charge in [0.25, 0.3) is 0 Å². The molecule has 26 heavy (non-hydrogen) atoms. The van der Waals surface area contributed by atoms with Crippen LogP contribution in [0.15, 0.2) is 45.5 Å². The Labute approximate surface area is 152 Å². The van der Waals surface area contributed by atoms with E-state index in [-0.39, 0.29) is 6.04 Å². The van der Waals surface area contributed by atoms with Crippen LogP contribution in [0.2, 0.25) is 0 Å². The molecule has 1 aromatic rings. The topological polar surface area (TPSA) is 106 Å². The predicted octanol–water partition coefficient (Wildman–Crippen LogP) is 1.95. The standard InChI is InChI=1S/C19H25FN4O2/c1-12(25)18-6-15(20)3-4-17(18)19(22)14(9-23-2)5-13(7-21)8-24-16-10-26-11-16/h3-4,6-9,12,16,25H,5,10-11,21-22H2,1-2H3/t12-/m1/s1. The zero-order valence-corrected chi connectivity index (χ0v) is 15.0. The van der Waals surface area contributed by atoms with Gasteiger partial charge in [-0.2, -0.15) is 0 Å². The number of hydrogen-bond donors (Lipinski definition) is 3. The fraction of sp³-hybridized carbons (Fsp3) is 0.368. The third kappa shape index (κ3) is 5.00. The van der Waals surface area contributed by atoms with Gasteiger partial charge in [-0.1, -0.05) is 0 Å². The zero-order valence-electron chi connectivity index (χ0n) is 15.0. The van der Waals surface area contributed by atoms with Crippen LogP contribution in [0.25, 0.3) is 5.70 Å². The van der Waals surface area contributed by atoms with Crippen molar-refractivity contribution in [2.75, 3.05) is 20.3 Å². The fourth-order valence-electron chi connectivity index (χ4n) is 2.54. The first-order valence-electron chi connectivity index (χ1n) is 8.36. The SMILES string of the molecule is CN=CC(CC(C=NC1COC1)=CN)=C(N)c1ccc(F)cc1[C@@H](C)O. The van der Waals surface area contributed by atoms with E-state index >= 15 is 0 Å². The Kier molecular flexibility index (Phi) is 7.06. The Hall–Kier alpha value is -2.51. The molecule has 140 valence electrons. The highest BCUT2D eigenvalue weighted by Crippen LogP contribution is 2.26. The molecule has 6 nitrogen and oxygen atoms in total. The molecule has 0 saturated carbocycles. The fourth-order valence-corrected chi connectivity index (χ4v) is 2.54. The van der Waals surface area contributed by atoms with Crippen molar-refractivity contribution in [1.82, 2.24) is 0 Å². The number of aliphatic imine (C=N–C) groups is 2. The number of aliphatic hydroxyl groups excluding tert-OH is 1. The summed E-state index contributed by atoms with van der Waals surface area (Å²) in [7, 11) is 1.64. The van der Waals surface area contributed by atoms with Crippen molar-refractivity contribution in [1.29, 1.82) is 0 Å². The van der Waals surface area contributed by atoms with Crippen LogP contribution in [-0.4, -0.2) is 43.8 Å². The number of halogens is 1. The monoisotopic (exact) mass is 360 g/mol. The van der Waals surface area contributed by atoms with E-state index < -0.39 is 11.9 Å². The number of nitrogens with zero attached hydrogens (tertiary/aromatic N) is 2. The van der Waals surface area contributed by atoms with Crippen molar-refractivity contribution < 1.29 is 14.2 Å². The third-order valence-electron chi connectivity index (χ3n) is 4.07. The second-order valence-electron chi connectivity index (χ2n) is 6.12. The summed E-state index contributed by atoms with van der Waals surface area (Å²) < 4.78 is 18.6. The Morgan fingerprint density at radius 2 is 2.15 bits per heavy atom. The molecule has 1 heterocycles. The highest BCUT2D eigenvalue weighted by Gasteiger charge is 2.17. The number of allylic oxidation sites excluding steroid dienone is 2. The molecule has 7 heteroatoms. The van der Waals surface area contributed by atoms with Gasteiger partial charge in [-0.15, -0.1) is 0 Å². The predicted molar refractivity (Wildman–Crippen MR) is 103 cm³/mol. The van der Waals surface area contributed by atoms with E-state index in [2.05, 4.69) is 9.98 Å². The molecule has 1 fully saturated rings. The first kappa shape index (κ1) is 19.8. The molecule has 0 amide bonds. The van der Waals surface area contributed by atoms with E-state index in [1.807, 2.05) is 0 Å². The Morgan fingerprint density at radius 1 is 1.42 bits per heavy atom. The van der Waals surface area contributed by atoms with Crippen LogP contribution in [-0.2, 0) is 4.74 Å². The lowest BCUT2D eigenvalue weighted by molar-refractivity contribution is 0.0135. The van der Waals surface area contributed by atoms with Crippen molar-refractivity contribution in [3.05, 3.63) is 52.5 Å². The van der Waals surface area contributed by atoms with Gasteiger partial charge < -0.3 is 21.3 Å². The Balaban J connectivity index is 2.36.